The summed E-state index contributed by atoms with van der Waals surface area (Å²) in [7, 11) is 1.92. The number of nitrogens with zero attached hydrogens (tertiary/aromatic N) is 3. The molecule has 0 radical (unpaired) electrons. The number of amides is 1. The van der Waals surface area contributed by atoms with E-state index in [-0.39, 0.29) is 17.1 Å². The lowest BCUT2D eigenvalue weighted by Gasteiger charge is -2.15. The van der Waals surface area contributed by atoms with Crippen LogP contribution >= 0.6 is 11.8 Å². The molecule has 2 aromatic carbocycles. The van der Waals surface area contributed by atoms with Gasteiger partial charge in [-0.3, -0.25) is 4.79 Å². The zero-order valence-corrected chi connectivity index (χ0v) is 16.6. The number of thioether (sulfide) groups is 1. The van der Waals surface area contributed by atoms with E-state index in [0.717, 1.165) is 16.5 Å². The Balaban J connectivity index is 1.58. The fraction of sp³-hybridized carbons (Fsp3) is 0.286. The van der Waals surface area contributed by atoms with Crippen molar-refractivity contribution in [3.8, 4) is 11.4 Å². The van der Waals surface area contributed by atoms with Gasteiger partial charge >= 0.3 is 0 Å². The van der Waals surface area contributed by atoms with E-state index in [2.05, 4.69) is 34.6 Å². The Morgan fingerprint density at radius 2 is 1.67 bits per heavy atom. The van der Waals surface area contributed by atoms with Crippen molar-refractivity contribution < 1.29 is 4.79 Å². The molecular formula is C21H24N4OS. The van der Waals surface area contributed by atoms with Gasteiger partial charge in [-0.1, -0.05) is 79.3 Å². The molecule has 0 bridgehead atoms. The third-order valence-electron chi connectivity index (χ3n) is 4.47. The summed E-state index contributed by atoms with van der Waals surface area (Å²) in [6.45, 7) is 4.62. The molecule has 1 N–H and O–H groups in total. The molecule has 1 amide bonds. The van der Waals surface area contributed by atoms with Gasteiger partial charge in [-0.2, -0.15) is 0 Å². The molecular weight excluding hydrogens is 356 g/mol. The number of carbonyl (C=O) groups is 1. The van der Waals surface area contributed by atoms with Gasteiger partial charge in [-0.05, 0) is 18.4 Å². The van der Waals surface area contributed by atoms with E-state index in [1.165, 1.54) is 17.3 Å². The quantitative estimate of drug-likeness (QED) is 0.632. The van der Waals surface area contributed by atoms with Crippen LogP contribution in [0.1, 0.15) is 25.3 Å². The zero-order valence-electron chi connectivity index (χ0n) is 15.8. The number of carbonyl (C=O) groups excluding carboxylic acids is 1. The van der Waals surface area contributed by atoms with E-state index in [1.807, 2.05) is 67.1 Å². The van der Waals surface area contributed by atoms with Gasteiger partial charge in [0.25, 0.3) is 0 Å². The van der Waals surface area contributed by atoms with Gasteiger partial charge in [0.05, 0.1) is 5.25 Å². The monoisotopic (exact) mass is 380 g/mol. The molecule has 2 unspecified atom stereocenters. The average molecular weight is 381 g/mol. The highest BCUT2D eigenvalue weighted by Gasteiger charge is 2.19. The highest BCUT2D eigenvalue weighted by atomic mass is 32.2. The van der Waals surface area contributed by atoms with Gasteiger partial charge in [0, 0.05) is 19.2 Å². The van der Waals surface area contributed by atoms with Crippen molar-refractivity contribution in [2.75, 3.05) is 6.54 Å². The molecule has 1 heterocycles. The number of hydrogen-bond acceptors (Lipinski definition) is 4. The van der Waals surface area contributed by atoms with E-state index < -0.39 is 0 Å². The SMILES string of the molecule is CC(Sc1nnc(-c2ccccc2)n1C)C(=O)NCC(C)c1ccccc1. The van der Waals surface area contributed by atoms with E-state index in [0.29, 0.717) is 6.54 Å². The van der Waals surface area contributed by atoms with Crippen LogP contribution in [0.15, 0.2) is 65.8 Å². The Labute approximate surface area is 164 Å². The van der Waals surface area contributed by atoms with Crippen LogP contribution in [-0.4, -0.2) is 32.5 Å². The Morgan fingerprint density at radius 3 is 2.33 bits per heavy atom. The Hall–Kier alpha value is -2.60. The Bertz CT molecular complexity index is 880. The lowest BCUT2D eigenvalue weighted by Crippen LogP contribution is -2.33. The number of rotatable bonds is 7. The van der Waals surface area contributed by atoms with E-state index in [9.17, 15) is 4.79 Å². The van der Waals surface area contributed by atoms with Gasteiger partial charge in [0.15, 0.2) is 11.0 Å². The van der Waals surface area contributed by atoms with Crippen LogP contribution in [0.3, 0.4) is 0 Å². The number of aromatic nitrogens is 3. The normalized spacial score (nSPS) is 13.1. The maximum absolute atomic E-state index is 12.5. The second-order valence-corrected chi connectivity index (χ2v) is 7.86. The summed E-state index contributed by atoms with van der Waals surface area (Å²) in [4.78, 5) is 12.5. The maximum atomic E-state index is 12.5. The predicted octanol–water partition coefficient (Wildman–Crippen LogP) is 3.88. The Morgan fingerprint density at radius 1 is 1.04 bits per heavy atom. The molecule has 1 aromatic heterocycles. The first kappa shape index (κ1) is 19.2. The molecule has 0 spiro atoms. The fourth-order valence-corrected chi connectivity index (χ4v) is 3.60. The van der Waals surface area contributed by atoms with Gasteiger partial charge < -0.3 is 9.88 Å². The van der Waals surface area contributed by atoms with Crippen LogP contribution in [0.2, 0.25) is 0 Å². The molecule has 0 aliphatic heterocycles. The molecule has 3 rings (SSSR count). The highest BCUT2D eigenvalue weighted by Crippen LogP contribution is 2.25. The second-order valence-electron chi connectivity index (χ2n) is 6.55. The summed E-state index contributed by atoms with van der Waals surface area (Å²) >= 11 is 1.42. The third kappa shape index (κ3) is 4.77. The average Bonchev–Trinajstić information content (AvgIpc) is 3.07. The number of benzene rings is 2. The summed E-state index contributed by atoms with van der Waals surface area (Å²) in [6, 6.07) is 20.1. The van der Waals surface area contributed by atoms with Crippen LogP contribution in [0.4, 0.5) is 0 Å². The largest absolute Gasteiger partial charge is 0.355 e. The van der Waals surface area contributed by atoms with Crippen LogP contribution < -0.4 is 5.32 Å². The smallest absolute Gasteiger partial charge is 0.233 e. The number of hydrogen-bond donors (Lipinski definition) is 1. The first-order chi connectivity index (χ1) is 13.1. The molecule has 0 saturated carbocycles. The molecule has 2 atom stereocenters. The van der Waals surface area contributed by atoms with Gasteiger partial charge in [0.2, 0.25) is 5.91 Å². The fourth-order valence-electron chi connectivity index (χ4n) is 2.76. The zero-order chi connectivity index (χ0) is 19.2. The van der Waals surface area contributed by atoms with Gasteiger partial charge in [-0.15, -0.1) is 10.2 Å². The van der Waals surface area contributed by atoms with Crippen LogP contribution in [0.5, 0.6) is 0 Å². The van der Waals surface area contributed by atoms with Gasteiger partial charge in [0.1, 0.15) is 0 Å². The van der Waals surface area contributed by atoms with E-state index in [1.54, 1.807) is 0 Å². The van der Waals surface area contributed by atoms with Crippen LogP contribution in [0.25, 0.3) is 11.4 Å². The predicted molar refractivity (Wildman–Crippen MR) is 110 cm³/mol. The van der Waals surface area contributed by atoms with Crippen molar-refractivity contribution in [1.82, 2.24) is 20.1 Å². The molecule has 0 aliphatic rings. The minimum atomic E-state index is -0.250. The molecule has 0 fully saturated rings. The van der Waals surface area contributed by atoms with E-state index >= 15 is 0 Å². The van der Waals surface area contributed by atoms with Gasteiger partial charge in [-0.25, -0.2) is 0 Å². The summed E-state index contributed by atoms with van der Waals surface area (Å²) in [5, 5.41) is 12.0. The third-order valence-corrected chi connectivity index (χ3v) is 5.60. The molecule has 0 saturated heterocycles. The topological polar surface area (TPSA) is 59.8 Å². The van der Waals surface area contributed by atoms with Crippen molar-refractivity contribution in [2.24, 2.45) is 7.05 Å². The second kappa shape index (κ2) is 8.86. The molecule has 27 heavy (non-hydrogen) atoms. The summed E-state index contributed by atoms with van der Waals surface area (Å²) in [5.74, 6) is 1.07. The van der Waals surface area contributed by atoms with Crippen LogP contribution in [0, 0.1) is 0 Å². The minimum absolute atomic E-state index is 0.00652. The first-order valence-electron chi connectivity index (χ1n) is 9.00. The molecule has 0 aliphatic carbocycles. The van der Waals surface area contributed by atoms with Crippen LogP contribution in [-0.2, 0) is 11.8 Å². The molecule has 5 nitrogen and oxygen atoms in total. The highest BCUT2D eigenvalue weighted by molar-refractivity contribution is 8.00. The Kier molecular flexibility index (Phi) is 6.29. The molecule has 140 valence electrons. The summed E-state index contributed by atoms with van der Waals surface area (Å²) in [6.07, 6.45) is 0. The lowest BCUT2D eigenvalue weighted by atomic mass is 10.0. The minimum Gasteiger partial charge on any atom is -0.355 e. The lowest BCUT2D eigenvalue weighted by molar-refractivity contribution is -0.120. The summed E-state index contributed by atoms with van der Waals surface area (Å²) in [5.41, 5.74) is 2.23. The van der Waals surface area contributed by atoms with Crippen molar-refractivity contribution in [1.29, 1.82) is 0 Å². The van der Waals surface area contributed by atoms with Crippen molar-refractivity contribution in [2.45, 2.75) is 30.2 Å². The van der Waals surface area contributed by atoms with Crippen molar-refractivity contribution in [3.05, 3.63) is 66.2 Å². The molecule has 6 heteroatoms. The van der Waals surface area contributed by atoms with Crippen molar-refractivity contribution >= 4 is 17.7 Å². The molecule has 3 aromatic rings. The van der Waals surface area contributed by atoms with Crippen molar-refractivity contribution in [3.63, 3.8) is 0 Å². The van der Waals surface area contributed by atoms with E-state index in [4.69, 9.17) is 0 Å². The summed E-state index contributed by atoms with van der Waals surface area (Å²) < 4.78 is 1.93. The standard InChI is InChI=1S/C21H24N4OS/c1-15(17-10-6-4-7-11-17)14-22-20(26)16(2)27-21-24-23-19(25(21)3)18-12-8-5-9-13-18/h4-13,15-16H,14H2,1-3H3,(H,22,26). The first-order valence-corrected chi connectivity index (χ1v) is 9.88. The maximum Gasteiger partial charge on any atom is 0.233 e. The number of nitrogens with one attached hydrogen (secondary N) is 1.